The molecular formula is C15H21NO2. The largest absolute Gasteiger partial charge is 0.497 e. The van der Waals surface area contributed by atoms with Gasteiger partial charge in [-0.05, 0) is 42.5 Å². The molecule has 0 spiro atoms. The quantitative estimate of drug-likeness (QED) is 0.870. The van der Waals surface area contributed by atoms with Gasteiger partial charge in [0.2, 0.25) is 0 Å². The molecule has 1 fully saturated rings. The highest BCUT2D eigenvalue weighted by molar-refractivity contribution is 5.40. The molecule has 3 nitrogen and oxygen atoms in total. The molecule has 3 atom stereocenters. The van der Waals surface area contributed by atoms with Crippen LogP contribution in [-0.2, 0) is 11.2 Å². The van der Waals surface area contributed by atoms with Gasteiger partial charge in [-0.15, -0.1) is 0 Å². The van der Waals surface area contributed by atoms with Crippen LogP contribution in [0.15, 0.2) is 18.2 Å². The van der Waals surface area contributed by atoms with Crippen molar-refractivity contribution in [3.05, 3.63) is 29.3 Å². The Hall–Kier alpha value is -1.06. The highest BCUT2D eigenvalue weighted by atomic mass is 16.5. The van der Waals surface area contributed by atoms with Crippen molar-refractivity contribution >= 4 is 0 Å². The normalized spacial score (nSPS) is 30.4. The molecule has 1 aromatic carbocycles. The Balaban J connectivity index is 1.88. The lowest BCUT2D eigenvalue weighted by Crippen LogP contribution is -2.51. The molecule has 1 N–H and O–H groups in total. The van der Waals surface area contributed by atoms with Crippen LogP contribution >= 0.6 is 0 Å². The number of benzene rings is 1. The standard InChI is InChI=1S/C15H21NO2/c1-3-11-9-18-15-13-8-12(17-2)6-4-10(13)5-7-14(15)16-11/h4,6,8,11,14-16H,3,5,7,9H2,1-2H3. The summed E-state index contributed by atoms with van der Waals surface area (Å²) < 4.78 is 11.4. The third kappa shape index (κ3) is 2.02. The third-order valence-electron chi connectivity index (χ3n) is 4.17. The molecule has 18 heavy (non-hydrogen) atoms. The molecule has 0 amide bonds. The maximum absolute atomic E-state index is 6.09. The molecule has 0 bridgehead atoms. The number of morpholine rings is 1. The van der Waals surface area contributed by atoms with Crippen LogP contribution < -0.4 is 10.1 Å². The molecule has 2 aliphatic rings. The van der Waals surface area contributed by atoms with Crippen LogP contribution in [-0.4, -0.2) is 25.8 Å². The smallest absolute Gasteiger partial charge is 0.119 e. The molecule has 3 heteroatoms. The van der Waals surface area contributed by atoms with Crippen molar-refractivity contribution in [2.75, 3.05) is 13.7 Å². The van der Waals surface area contributed by atoms with E-state index in [4.69, 9.17) is 9.47 Å². The van der Waals surface area contributed by atoms with Crippen LogP contribution in [0, 0.1) is 0 Å². The van der Waals surface area contributed by atoms with E-state index < -0.39 is 0 Å². The molecule has 98 valence electrons. The van der Waals surface area contributed by atoms with Gasteiger partial charge in [0.25, 0.3) is 0 Å². The topological polar surface area (TPSA) is 30.5 Å². The van der Waals surface area contributed by atoms with Gasteiger partial charge in [0, 0.05) is 12.1 Å². The molecule has 1 saturated heterocycles. The van der Waals surface area contributed by atoms with E-state index in [2.05, 4.69) is 24.4 Å². The fourth-order valence-corrected chi connectivity index (χ4v) is 3.05. The average molecular weight is 247 g/mol. The van der Waals surface area contributed by atoms with Gasteiger partial charge in [0.05, 0.1) is 19.8 Å². The monoisotopic (exact) mass is 247 g/mol. The first kappa shape index (κ1) is 12.0. The maximum atomic E-state index is 6.09. The summed E-state index contributed by atoms with van der Waals surface area (Å²) in [6.07, 6.45) is 3.63. The number of rotatable bonds is 2. The molecule has 0 aromatic heterocycles. The van der Waals surface area contributed by atoms with Gasteiger partial charge in [0.1, 0.15) is 5.75 Å². The zero-order valence-electron chi connectivity index (χ0n) is 11.1. The zero-order chi connectivity index (χ0) is 12.5. The van der Waals surface area contributed by atoms with Gasteiger partial charge in [-0.3, -0.25) is 0 Å². The highest BCUT2D eigenvalue weighted by Gasteiger charge is 2.35. The number of nitrogens with one attached hydrogen (secondary N) is 1. The average Bonchev–Trinajstić information content (AvgIpc) is 2.45. The van der Waals surface area contributed by atoms with E-state index in [1.165, 1.54) is 17.5 Å². The van der Waals surface area contributed by atoms with Crippen molar-refractivity contribution in [3.63, 3.8) is 0 Å². The number of hydrogen-bond donors (Lipinski definition) is 1. The van der Waals surface area contributed by atoms with Crippen molar-refractivity contribution in [2.45, 2.75) is 44.4 Å². The van der Waals surface area contributed by atoms with Crippen LogP contribution in [0.4, 0.5) is 0 Å². The van der Waals surface area contributed by atoms with Gasteiger partial charge in [-0.2, -0.15) is 0 Å². The number of aryl methyl sites for hydroxylation is 1. The minimum absolute atomic E-state index is 0.201. The van der Waals surface area contributed by atoms with Crippen LogP contribution in [0.5, 0.6) is 5.75 Å². The van der Waals surface area contributed by atoms with E-state index in [9.17, 15) is 0 Å². The molecule has 3 rings (SSSR count). The van der Waals surface area contributed by atoms with Crippen molar-refractivity contribution in [1.29, 1.82) is 0 Å². The first-order valence-electron chi connectivity index (χ1n) is 6.86. The van der Waals surface area contributed by atoms with Gasteiger partial charge in [-0.1, -0.05) is 13.0 Å². The SMILES string of the molecule is CCC1COC2c3cc(OC)ccc3CCC2N1. The first-order chi connectivity index (χ1) is 8.81. The Labute approximate surface area is 108 Å². The van der Waals surface area contributed by atoms with Gasteiger partial charge in [-0.25, -0.2) is 0 Å². The summed E-state index contributed by atoms with van der Waals surface area (Å²) in [7, 11) is 1.72. The summed E-state index contributed by atoms with van der Waals surface area (Å²) >= 11 is 0. The molecule has 1 aliphatic carbocycles. The lowest BCUT2D eigenvalue weighted by atomic mass is 9.84. The number of hydrogen-bond acceptors (Lipinski definition) is 3. The lowest BCUT2D eigenvalue weighted by Gasteiger charge is -2.41. The Bertz CT molecular complexity index is 433. The van der Waals surface area contributed by atoms with Crippen LogP contribution in [0.2, 0.25) is 0 Å². The summed E-state index contributed by atoms with van der Waals surface area (Å²) in [5.74, 6) is 0.926. The molecule has 1 heterocycles. The molecule has 3 unspecified atom stereocenters. The number of ether oxygens (including phenoxy) is 2. The zero-order valence-corrected chi connectivity index (χ0v) is 11.1. The van der Waals surface area contributed by atoms with E-state index >= 15 is 0 Å². The summed E-state index contributed by atoms with van der Waals surface area (Å²) in [6.45, 7) is 3.02. The Kier molecular flexibility index (Phi) is 3.27. The van der Waals surface area contributed by atoms with Crippen molar-refractivity contribution < 1.29 is 9.47 Å². The fourth-order valence-electron chi connectivity index (χ4n) is 3.05. The molecule has 1 aromatic rings. The summed E-state index contributed by atoms with van der Waals surface area (Å²) in [5.41, 5.74) is 2.72. The van der Waals surface area contributed by atoms with E-state index in [-0.39, 0.29) is 6.10 Å². The fraction of sp³-hybridized carbons (Fsp3) is 0.600. The first-order valence-corrected chi connectivity index (χ1v) is 6.86. The van der Waals surface area contributed by atoms with Crippen molar-refractivity contribution in [2.24, 2.45) is 0 Å². The summed E-state index contributed by atoms with van der Waals surface area (Å²) in [5, 5.41) is 3.72. The Morgan fingerprint density at radius 2 is 2.33 bits per heavy atom. The minimum atomic E-state index is 0.201. The molecule has 0 saturated carbocycles. The predicted octanol–water partition coefficient (Wildman–Crippen LogP) is 2.45. The van der Waals surface area contributed by atoms with E-state index in [0.29, 0.717) is 12.1 Å². The summed E-state index contributed by atoms with van der Waals surface area (Å²) in [4.78, 5) is 0. The van der Waals surface area contributed by atoms with Gasteiger partial charge in [0.15, 0.2) is 0 Å². The van der Waals surface area contributed by atoms with Crippen LogP contribution in [0.1, 0.15) is 37.0 Å². The predicted molar refractivity (Wildman–Crippen MR) is 71.0 cm³/mol. The Morgan fingerprint density at radius 1 is 1.44 bits per heavy atom. The lowest BCUT2D eigenvalue weighted by molar-refractivity contribution is -0.0368. The maximum Gasteiger partial charge on any atom is 0.119 e. The van der Waals surface area contributed by atoms with Gasteiger partial charge < -0.3 is 14.8 Å². The second kappa shape index (κ2) is 4.90. The number of fused-ring (bicyclic) bond motifs is 3. The van der Waals surface area contributed by atoms with E-state index in [0.717, 1.165) is 25.2 Å². The van der Waals surface area contributed by atoms with Crippen LogP contribution in [0.25, 0.3) is 0 Å². The van der Waals surface area contributed by atoms with Crippen molar-refractivity contribution in [1.82, 2.24) is 5.32 Å². The molecular weight excluding hydrogens is 226 g/mol. The van der Waals surface area contributed by atoms with Crippen LogP contribution in [0.3, 0.4) is 0 Å². The highest BCUT2D eigenvalue weighted by Crippen LogP contribution is 2.37. The minimum Gasteiger partial charge on any atom is -0.497 e. The number of methoxy groups -OCH3 is 1. The molecule has 1 aliphatic heterocycles. The second-order valence-electron chi connectivity index (χ2n) is 5.24. The summed E-state index contributed by atoms with van der Waals surface area (Å²) in [6, 6.07) is 7.34. The molecule has 0 radical (unpaired) electrons. The second-order valence-corrected chi connectivity index (χ2v) is 5.24. The van der Waals surface area contributed by atoms with E-state index in [1.54, 1.807) is 7.11 Å². The third-order valence-corrected chi connectivity index (χ3v) is 4.17. The van der Waals surface area contributed by atoms with E-state index in [1.807, 2.05) is 6.07 Å². The van der Waals surface area contributed by atoms with Crippen molar-refractivity contribution in [3.8, 4) is 5.75 Å². The van der Waals surface area contributed by atoms with Gasteiger partial charge >= 0.3 is 0 Å². The Morgan fingerprint density at radius 3 is 3.11 bits per heavy atom.